The van der Waals surface area contributed by atoms with Gasteiger partial charge in [0.2, 0.25) is 0 Å². The fourth-order valence-electron chi connectivity index (χ4n) is 2.10. The van der Waals surface area contributed by atoms with Gasteiger partial charge in [0.25, 0.3) is 0 Å². The molecule has 130 valence electrons. The van der Waals surface area contributed by atoms with Gasteiger partial charge in [0, 0.05) is 18.8 Å². The van der Waals surface area contributed by atoms with Crippen molar-refractivity contribution < 1.29 is 4.74 Å². The van der Waals surface area contributed by atoms with E-state index in [0.717, 1.165) is 25.1 Å². The number of hydrogen-bond donors (Lipinski definition) is 2. The van der Waals surface area contributed by atoms with Crippen molar-refractivity contribution in [3.8, 4) is 0 Å². The summed E-state index contributed by atoms with van der Waals surface area (Å²) in [6.45, 7) is 4.18. The first-order chi connectivity index (χ1) is 11.2. The highest BCUT2D eigenvalue weighted by molar-refractivity contribution is 14.0. The number of unbranched alkanes of at least 4 members (excludes halogenated alkanes) is 1. The largest absolute Gasteiger partial charge is 0.377 e. The monoisotopic (exact) mass is 439 g/mol. The number of guanidine groups is 1. The minimum atomic E-state index is 0. The number of benzene rings is 2. The minimum Gasteiger partial charge on any atom is -0.377 e. The fraction of sp³-hybridized carbons (Fsp3) is 0.316. The molecular formula is C19H26IN3O. The molecule has 0 amide bonds. The van der Waals surface area contributed by atoms with Gasteiger partial charge in [-0.25, -0.2) is 0 Å². The van der Waals surface area contributed by atoms with E-state index in [0.29, 0.717) is 19.1 Å². The molecule has 2 aromatic rings. The molecule has 0 aliphatic heterocycles. The molecule has 2 rings (SSSR count). The Bertz CT molecular complexity index is 600. The van der Waals surface area contributed by atoms with Crippen molar-refractivity contribution in [2.75, 3.05) is 18.5 Å². The Balaban J connectivity index is 0.00000288. The molecule has 0 aliphatic rings. The SMILES string of the molecule is Cc1ccc(NC(N)=NCCCCOCc2ccccc2)cc1.I. The number of ether oxygens (including phenoxy) is 1. The van der Waals surface area contributed by atoms with Crippen LogP contribution in [0.25, 0.3) is 0 Å². The Morgan fingerprint density at radius 2 is 1.75 bits per heavy atom. The zero-order chi connectivity index (χ0) is 16.3. The van der Waals surface area contributed by atoms with Crippen LogP contribution in [0.2, 0.25) is 0 Å². The molecule has 0 radical (unpaired) electrons. The van der Waals surface area contributed by atoms with Gasteiger partial charge >= 0.3 is 0 Å². The van der Waals surface area contributed by atoms with Crippen LogP contribution >= 0.6 is 24.0 Å². The lowest BCUT2D eigenvalue weighted by Gasteiger charge is -2.06. The molecule has 0 saturated carbocycles. The predicted molar refractivity (Wildman–Crippen MR) is 112 cm³/mol. The molecule has 0 spiro atoms. The van der Waals surface area contributed by atoms with Gasteiger partial charge in [-0.2, -0.15) is 0 Å². The van der Waals surface area contributed by atoms with Crippen LogP contribution in [0.1, 0.15) is 24.0 Å². The van der Waals surface area contributed by atoms with E-state index in [1.165, 1.54) is 11.1 Å². The number of rotatable bonds is 8. The highest BCUT2D eigenvalue weighted by Crippen LogP contribution is 2.08. The number of anilines is 1. The van der Waals surface area contributed by atoms with E-state index in [2.05, 4.69) is 29.4 Å². The fourth-order valence-corrected chi connectivity index (χ4v) is 2.10. The number of nitrogens with one attached hydrogen (secondary N) is 1. The van der Waals surface area contributed by atoms with Crippen LogP contribution in [0.4, 0.5) is 5.69 Å². The molecular weight excluding hydrogens is 413 g/mol. The number of nitrogens with two attached hydrogens (primary N) is 1. The molecule has 3 N–H and O–H groups in total. The van der Waals surface area contributed by atoms with Gasteiger partial charge in [-0.15, -0.1) is 24.0 Å². The summed E-state index contributed by atoms with van der Waals surface area (Å²) in [5.41, 5.74) is 9.26. The first kappa shape index (κ1) is 20.4. The van der Waals surface area contributed by atoms with Crippen molar-refractivity contribution in [3.05, 3.63) is 65.7 Å². The average Bonchev–Trinajstić information content (AvgIpc) is 2.57. The topological polar surface area (TPSA) is 59.6 Å². The number of halogens is 1. The smallest absolute Gasteiger partial charge is 0.193 e. The molecule has 0 unspecified atom stereocenters. The third kappa shape index (κ3) is 8.31. The summed E-state index contributed by atoms with van der Waals surface area (Å²) in [5.74, 6) is 0.457. The van der Waals surface area contributed by atoms with E-state index < -0.39 is 0 Å². The van der Waals surface area contributed by atoms with E-state index in [4.69, 9.17) is 10.5 Å². The summed E-state index contributed by atoms with van der Waals surface area (Å²) in [6, 6.07) is 18.3. The molecule has 0 bridgehead atoms. The molecule has 2 aromatic carbocycles. The van der Waals surface area contributed by atoms with Gasteiger partial charge in [0.1, 0.15) is 0 Å². The third-order valence-corrected chi connectivity index (χ3v) is 3.41. The van der Waals surface area contributed by atoms with Crippen molar-refractivity contribution in [2.45, 2.75) is 26.4 Å². The second-order valence-electron chi connectivity index (χ2n) is 5.50. The molecule has 4 nitrogen and oxygen atoms in total. The molecule has 0 aromatic heterocycles. The molecule has 24 heavy (non-hydrogen) atoms. The van der Waals surface area contributed by atoms with Gasteiger partial charge in [-0.1, -0.05) is 48.0 Å². The summed E-state index contributed by atoms with van der Waals surface area (Å²) in [4.78, 5) is 4.33. The zero-order valence-corrected chi connectivity index (χ0v) is 16.4. The number of hydrogen-bond acceptors (Lipinski definition) is 2. The second-order valence-corrected chi connectivity index (χ2v) is 5.50. The van der Waals surface area contributed by atoms with Gasteiger partial charge in [-0.05, 0) is 37.5 Å². The molecule has 0 saturated heterocycles. The summed E-state index contributed by atoms with van der Waals surface area (Å²) in [6.07, 6.45) is 1.94. The van der Waals surface area contributed by atoms with Gasteiger partial charge < -0.3 is 15.8 Å². The Hall–Kier alpha value is -1.60. The number of aliphatic imine (C=N–C) groups is 1. The molecule has 5 heteroatoms. The quantitative estimate of drug-likeness (QED) is 0.279. The van der Waals surface area contributed by atoms with Crippen molar-refractivity contribution >= 4 is 35.6 Å². The lowest BCUT2D eigenvalue weighted by molar-refractivity contribution is 0.117. The van der Waals surface area contributed by atoms with Crippen LogP contribution in [0, 0.1) is 6.92 Å². The average molecular weight is 439 g/mol. The van der Waals surface area contributed by atoms with Crippen molar-refractivity contribution in [2.24, 2.45) is 10.7 Å². The van der Waals surface area contributed by atoms with Crippen molar-refractivity contribution in [3.63, 3.8) is 0 Å². The van der Waals surface area contributed by atoms with Gasteiger partial charge in [0.15, 0.2) is 5.96 Å². The van der Waals surface area contributed by atoms with E-state index >= 15 is 0 Å². The molecule has 0 aliphatic carbocycles. The number of nitrogens with zero attached hydrogens (tertiary/aromatic N) is 1. The van der Waals surface area contributed by atoms with Crippen LogP contribution in [0.15, 0.2) is 59.6 Å². The van der Waals surface area contributed by atoms with Crippen LogP contribution < -0.4 is 11.1 Å². The Morgan fingerprint density at radius 1 is 1.04 bits per heavy atom. The van der Waals surface area contributed by atoms with Crippen molar-refractivity contribution in [1.82, 2.24) is 0 Å². The summed E-state index contributed by atoms with van der Waals surface area (Å²) < 4.78 is 5.64. The number of aryl methyl sites for hydroxylation is 1. The third-order valence-electron chi connectivity index (χ3n) is 3.41. The predicted octanol–water partition coefficient (Wildman–Crippen LogP) is 4.34. The Labute approximate surface area is 161 Å². The molecule has 0 fully saturated rings. The highest BCUT2D eigenvalue weighted by Gasteiger charge is 1.95. The van der Waals surface area contributed by atoms with Crippen LogP contribution in [-0.4, -0.2) is 19.1 Å². The lowest BCUT2D eigenvalue weighted by Crippen LogP contribution is -2.22. The first-order valence-corrected chi connectivity index (χ1v) is 7.99. The zero-order valence-electron chi connectivity index (χ0n) is 14.1. The van der Waals surface area contributed by atoms with E-state index in [1.807, 2.05) is 42.5 Å². The normalized spacial score (nSPS) is 11.0. The van der Waals surface area contributed by atoms with E-state index in [-0.39, 0.29) is 24.0 Å². The second kappa shape index (κ2) is 11.9. The van der Waals surface area contributed by atoms with Crippen LogP contribution in [0.5, 0.6) is 0 Å². The van der Waals surface area contributed by atoms with Gasteiger partial charge in [0.05, 0.1) is 6.61 Å². The lowest BCUT2D eigenvalue weighted by atomic mass is 10.2. The summed E-state index contributed by atoms with van der Waals surface area (Å²) >= 11 is 0. The standard InChI is InChI=1S/C19H25N3O.HI/c1-16-9-11-18(12-10-16)22-19(20)21-13-5-6-14-23-15-17-7-3-2-4-8-17;/h2-4,7-12H,5-6,13-15H2,1H3,(H3,20,21,22);1H. The van der Waals surface area contributed by atoms with Gasteiger partial charge in [-0.3, -0.25) is 4.99 Å². The highest BCUT2D eigenvalue weighted by atomic mass is 127. The maximum absolute atomic E-state index is 5.87. The van der Waals surface area contributed by atoms with Crippen molar-refractivity contribution in [1.29, 1.82) is 0 Å². The molecule has 0 heterocycles. The Kier molecular flexibility index (Phi) is 10.1. The maximum Gasteiger partial charge on any atom is 0.193 e. The first-order valence-electron chi connectivity index (χ1n) is 7.99. The minimum absolute atomic E-state index is 0. The summed E-state index contributed by atoms with van der Waals surface area (Å²) in [5, 5.41) is 3.09. The Morgan fingerprint density at radius 3 is 2.46 bits per heavy atom. The van der Waals surface area contributed by atoms with E-state index in [1.54, 1.807) is 0 Å². The molecule has 0 atom stereocenters. The van der Waals surface area contributed by atoms with Crippen LogP contribution in [0.3, 0.4) is 0 Å². The summed E-state index contributed by atoms with van der Waals surface area (Å²) in [7, 11) is 0. The van der Waals surface area contributed by atoms with Crippen LogP contribution in [-0.2, 0) is 11.3 Å². The van der Waals surface area contributed by atoms with E-state index in [9.17, 15) is 0 Å². The maximum atomic E-state index is 5.87.